The summed E-state index contributed by atoms with van der Waals surface area (Å²) in [6.07, 6.45) is 3.31. The maximum absolute atomic E-state index is 12.4. The fraction of sp³-hybridized carbons (Fsp3) is 0.857. The summed E-state index contributed by atoms with van der Waals surface area (Å²) in [5.74, 6) is -0.128. The van der Waals surface area contributed by atoms with Crippen molar-refractivity contribution >= 4 is 11.9 Å². The molecule has 1 saturated heterocycles. The number of nitrogens with one attached hydrogen (secondary N) is 1. The molecule has 1 aliphatic heterocycles. The molecule has 0 aromatic carbocycles. The van der Waals surface area contributed by atoms with Gasteiger partial charge in [0.15, 0.2) is 0 Å². The normalized spacial score (nSPS) is 21.0. The summed E-state index contributed by atoms with van der Waals surface area (Å²) in [6, 6.07) is 0.0118. The minimum Gasteiger partial charge on any atom is -0.469 e. The van der Waals surface area contributed by atoms with Gasteiger partial charge in [-0.05, 0) is 25.8 Å². The van der Waals surface area contributed by atoms with Crippen molar-refractivity contribution < 1.29 is 14.3 Å². The zero-order chi connectivity index (χ0) is 14.3. The highest BCUT2D eigenvalue weighted by molar-refractivity contribution is 5.80. The van der Waals surface area contributed by atoms with Gasteiger partial charge in [-0.15, -0.1) is 0 Å². The first-order chi connectivity index (χ1) is 9.10. The molecule has 2 unspecified atom stereocenters. The van der Waals surface area contributed by atoms with Crippen LogP contribution in [0.25, 0.3) is 0 Å². The third-order valence-corrected chi connectivity index (χ3v) is 3.66. The summed E-state index contributed by atoms with van der Waals surface area (Å²) in [5.41, 5.74) is 0. The summed E-state index contributed by atoms with van der Waals surface area (Å²) >= 11 is 0. The maximum Gasteiger partial charge on any atom is 0.307 e. The summed E-state index contributed by atoms with van der Waals surface area (Å²) in [4.78, 5) is 25.7. The third kappa shape index (κ3) is 4.82. The number of hydrogen-bond acceptors (Lipinski definition) is 4. The first kappa shape index (κ1) is 16.0. The largest absolute Gasteiger partial charge is 0.469 e. The Balaban J connectivity index is 2.59. The number of amides is 1. The molecular weight excluding hydrogens is 244 g/mol. The molecule has 1 fully saturated rings. The number of esters is 1. The molecule has 1 rings (SSSR count). The lowest BCUT2D eigenvalue weighted by Crippen LogP contribution is -2.48. The molecule has 1 amide bonds. The lowest BCUT2D eigenvalue weighted by Gasteiger charge is -2.37. The second-order valence-electron chi connectivity index (χ2n) is 5.17. The van der Waals surface area contributed by atoms with Gasteiger partial charge < -0.3 is 15.0 Å². The molecule has 5 nitrogen and oxygen atoms in total. The number of methoxy groups -OCH3 is 1. The SMILES string of the molecule is CCNCC(C)C(=O)N1CCCCC1CC(=O)OC. The molecular formula is C14H26N2O3. The van der Waals surface area contributed by atoms with Crippen LogP contribution in [-0.4, -0.2) is 49.6 Å². The van der Waals surface area contributed by atoms with E-state index in [4.69, 9.17) is 4.74 Å². The van der Waals surface area contributed by atoms with Crippen LogP contribution in [0.1, 0.15) is 39.5 Å². The van der Waals surface area contributed by atoms with Gasteiger partial charge in [-0.25, -0.2) is 0 Å². The summed E-state index contributed by atoms with van der Waals surface area (Å²) in [7, 11) is 1.39. The highest BCUT2D eigenvalue weighted by Gasteiger charge is 2.30. The zero-order valence-corrected chi connectivity index (χ0v) is 12.3. The lowest BCUT2D eigenvalue weighted by molar-refractivity contribution is -0.145. The molecule has 1 aliphatic rings. The Morgan fingerprint density at radius 2 is 2.16 bits per heavy atom. The second kappa shape index (κ2) is 8.15. The van der Waals surface area contributed by atoms with E-state index in [-0.39, 0.29) is 23.8 Å². The average molecular weight is 270 g/mol. The van der Waals surface area contributed by atoms with Gasteiger partial charge in [0, 0.05) is 25.0 Å². The van der Waals surface area contributed by atoms with E-state index in [2.05, 4.69) is 5.32 Å². The Morgan fingerprint density at radius 3 is 2.79 bits per heavy atom. The Morgan fingerprint density at radius 1 is 1.42 bits per heavy atom. The molecule has 19 heavy (non-hydrogen) atoms. The van der Waals surface area contributed by atoms with Crippen molar-refractivity contribution in [2.45, 2.75) is 45.6 Å². The van der Waals surface area contributed by atoms with Gasteiger partial charge in [0.25, 0.3) is 0 Å². The van der Waals surface area contributed by atoms with Crippen LogP contribution in [0.3, 0.4) is 0 Å². The van der Waals surface area contributed by atoms with Gasteiger partial charge >= 0.3 is 5.97 Å². The second-order valence-corrected chi connectivity index (χ2v) is 5.17. The van der Waals surface area contributed by atoms with E-state index >= 15 is 0 Å². The van der Waals surface area contributed by atoms with Crippen LogP contribution >= 0.6 is 0 Å². The van der Waals surface area contributed by atoms with Crippen LogP contribution in [0, 0.1) is 5.92 Å². The van der Waals surface area contributed by atoms with Crippen LogP contribution in [0.2, 0.25) is 0 Å². The highest BCUT2D eigenvalue weighted by Crippen LogP contribution is 2.22. The standard InChI is InChI=1S/C14H26N2O3/c1-4-15-10-11(2)14(18)16-8-6-5-7-12(16)9-13(17)19-3/h11-12,15H,4-10H2,1-3H3. The van der Waals surface area contributed by atoms with Crippen molar-refractivity contribution in [1.29, 1.82) is 0 Å². The molecule has 0 saturated carbocycles. The molecule has 0 bridgehead atoms. The Hall–Kier alpha value is -1.10. The Kier molecular flexibility index (Phi) is 6.84. The third-order valence-electron chi connectivity index (χ3n) is 3.66. The number of piperidine rings is 1. The molecule has 1 N–H and O–H groups in total. The number of rotatable bonds is 6. The summed E-state index contributed by atoms with van der Waals surface area (Å²) in [5, 5.41) is 3.20. The van der Waals surface area contributed by atoms with Crippen LogP contribution in [0.4, 0.5) is 0 Å². The first-order valence-electron chi connectivity index (χ1n) is 7.18. The van der Waals surface area contributed by atoms with Gasteiger partial charge in [0.2, 0.25) is 5.91 Å². The van der Waals surface area contributed by atoms with Crippen molar-refractivity contribution in [3.8, 4) is 0 Å². The van der Waals surface area contributed by atoms with Crippen LogP contribution in [-0.2, 0) is 14.3 Å². The van der Waals surface area contributed by atoms with E-state index in [0.29, 0.717) is 13.0 Å². The molecule has 0 aliphatic carbocycles. The zero-order valence-electron chi connectivity index (χ0n) is 12.3. The van der Waals surface area contributed by atoms with Crippen molar-refractivity contribution in [3.05, 3.63) is 0 Å². The van der Waals surface area contributed by atoms with Crippen molar-refractivity contribution in [2.75, 3.05) is 26.7 Å². The number of hydrogen-bond donors (Lipinski definition) is 1. The smallest absolute Gasteiger partial charge is 0.307 e. The molecule has 0 radical (unpaired) electrons. The van der Waals surface area contributed by atoms with Gasteiger partial charge in [-0.2, -0.15) is 0 Å². The number of nitrogens with zero attached hydrogens (tertiary/aromatic N) is 1. The van der Waals surface area contributed by atoms with E-state index in [9.17, 15) is 9.59 Å². The lowest BCUT2D eigenvalue weighted by atomic mass is 9.97. The predicted octanol–water partition coefficient (Wildman–Crippen LogP) is 1.18. The van der Waals surface area contributed by atoms with Gasteiger partial charge in [-0.1, -0.05) is 13.8 Å². The van der Waals surface area contributed by atoms with Crippen LogP contribution < -0.4 is 5.32 Å². The first-order valence-corrected chi connectivity index (χ1v) is 7.18. The topological polar surface area (TPSA) is 58.6 Å². The van der Waals surface area contributed by atoms with Gasteiger partial charge in [0.1, 0.15) is 0 Å². The fourth-order valence-corrected chi connectivity index (χ4v) is 2.51. The Labute approximate surface area is 115 Å². The number of likely N-dealkylation sites (tertiary alicyclic amines) is 1. The van der Waals surface area contributed by atoms with Gasteiger partial charge in [0.05, 0.1) is 13.5 Å². The van der Waals surface area contributed by atoms with Crippen LogP contribution in [0.15, 0.2) is 0 Å². The quantitative estimate of drug-likeness (QED) is 0.736. The minimum absolute atomic E-state index is 0.0118. The molecule has 5 heteroatoms. The minimum atomic E-state index is -0.232. The number of carbonyl (C=O) groups is 2. The van der Waals surface area contributed by atoms with E-state index in [1.807, 2.05) is 18.7 Å². The van der Waals surface area contributed by atoms with Crippen LogP contribution in [0.5, 0.6) is 0 Å². The van der Waals surface area contributed by atoms with Gasteiger partial charge in [-0.3, -0.25) is 9.59 Å². The molecule has 1 heterocycles. The molecule has 110 valence electrons. The molecule has 0 aromatic heterocycles. The Bertz CT molecular complexity index is 307. The fourth-order valence-electron chi connectivity index (χ4n) is 2.51. The van der Waals surface area contributed by atoms with E-state index in [0.717, 1.165) is 32.4 Å². The van der Waals surface area contributed by atoms with Crippen molar-refractivity contribution in [1.82, 2.24) is 10.2 Å². The summed E-state index contributed by atoms with van der Waals surface area (Å²) < 4.78 is 4.72. The maximum atomic E-state index is 12.4. The number of carbonyl (C=O) groups excluding carboxylic acids is 2. The molecule has 0 aromatic rings. The average Bonchev–Trinajstić information content (AvgIpc) is 2.44. The highest BCUT2D eigenvalue weighted by atomic mass is 16.5. The van der Waals surface area contributed by atoms with Crippen molar-refractivity contribution in [3.63, 3.8) is 0 Å². The monoisotopic (exact) mass is 270 g/mol. The molecule has 0 spiro atoms. The van der Waals surface area contributed by atoms with E-state index < -0.39 is 0 Å². The molecule has 2 atom stereocenters. The van der Waals surface area contributed by atoms with E-state index in [1.54, 1.807) is 0 Å². The number of ether oxygens (including phenoxy) is 1. The predicted molar refractivity (Wildman–Crippen MR) is 73.7 cm³/mol. The summed E-state index contributed by atoms with van der Waals surface area (Å²) in [6.45, 7) is 6.28. The van der Waals surface area contributed by atoms with E-state index in [1.165, 1.54) is 7.11 Å². The van der Waals surface area contributed by atoms with Crippen molar-refractivity contribution in [2.24, 2.45) is 5.92 Å².